The molecule has 170 valence electrons. The quantitative estimate of drug-likeness (QED) is 0.421. The molecule has 0 saturated carbocycles. The SMILES string of the molecule is CCN(CC)c1ccc(NC(=O)c2cc(C)nc3c2c(C)nn3-c2cccc(F)c2)c(C)c1. The second kappa shape index (κ2) is 9.02. The minimum Gasteiger partial charge on any atom is -0.372 e. The fraction of sp³-hybridized carbons (Fsp3) is 0.269. The number of carbonyl (C=O) groups is 1. The second-order valence-corrected chi connectivity index (χ2v) is 8.11. The predicted molar refractivity (Wildman–Crippen MR) is 131 cm³/mol. The van der Waals surface area contributed by atoms with Crippen LogP contribution in [0.5, 0.6) is 0 Å². The van der Waals surface area contributed by atoms with Crippen LogP contribution < -0.4 is 10.2 Å². The Labute approximate surface area is 193 Å². The van der Waals surface area contributed by atoms with Gasteiger partial charge in [-0.25, -0.2) is 14.1 Å². The Bertz CT molecular complexity index is 1340. The number of nitrogens with one attached hydrogen (secondary N) is 1. The summed E-state index contributed by atoms with van der Waals surface area (Å²) in [7, 11) is 0. The van der Waals surface area contributed by atoms with Gasteiger partial charge in [0.1, 0.15) is 5.82 Å². The van der Waals surface area contributed by atoms with Crippen LogP contribution >= 0.6 is 0 Å². The van der Waals surface area contributed by atoms with Crippen molar-refractivity contribution >= 4 is 28.3 Å². The Balaban J connectivity index is 1.74. The molecule has 0 bridgehead atoms. The van der Waals surface area contributed by atoms with E-state index < -0.39 is 0 Å². The number of aromatic nitrogens is 3. The molecule has 0 saturated heterocycles. The van der Waals surface area contributed by atoms with E-state index in [9.17, 15) is 9.18 Å². The molecule has 0 unspecified atom stereocenters. The highest BCUT2D eigenvalue weighted by Gasteiger charge is 2.20. The van der Waals surface area contributed by atoms with Gasteiger partial charge >= 0.3 is 0 Å². The van der Waals surface area contributed by atoms with E-state index in [4.69, 9.17) is 0 Å². The molecule has 33 heavy (non-hydrogen) atoms. The summed E-state index contributed by atoms with van der Waals surface area (Å²) in [6, 6.07) is 14.0. The first-order valence-corrected chi connectivity index (χ1v) is 11.1. The largest absolute Gasteiger partial charge is 0.372 e. The van der Waals surface area contributed by atoms with Gasteiger partial charge in [0.05, 0.1) is 22.3 Å². The number of benzene rings is 2. The van der Waals surface area contributed by atoms with Crippen LogP contribution in [0.25, 0.3) is 16.7 Å². The van der Waals surface area contributed by atoms with Gasteiger partial charge in [0, 0.05) is 30.2 Å². The molecule has 0 aliphatic carbocycles. The summed E-state index contributed by atoms with van der Waals surface area (Å²) in [6.07, 6.45) is 0. The number of pyridine rings is 1. The lowest BCUT2D eigenvalue weighted by molar-refractivity contribution is 0.102. The first-order valence-electron chi connectivity index (χ1n) is 11.1. The summed E-state index contributed by atoms with van der Waals surface area (Å²) >= 11 is 0. The van der Waals surface area contributed by atoms with Crippen molar-refractivity contribution in [3.8, 4) is 5.69 Å². The first kappa shape index (κ1) is 22.5. The van der Waals surface area contributed by atoms with Gasteiger partial charge in [-0.05, 0) is 82.6 Å². The van der Waals surface area contributed by atoms with Crippen molar-refractivity contribution in [2.24, 2.45) is 0 Å². The van der Waals surface area contributed by atoms with E-state index in [-0.39, 0.29) is 11.7 Å². The Morgan fingerprint density at radius 2 is 1.82 bits per heavy atom. The molecule has 4 rings (SSSR count). The molecule has 1 N–H and O–H groups in total. The van der Waals surface area contributed by atoms with Crippen LogP contribution in [0.4, 0.5) is 15.8 Å². The minimum absolute atomic E-state index is 0.230. The predicted octanol–water partition coefficient (Wildman–Crippen LogP) is 5.58. The standard InChI is InChI=1S/C26H28FN5O/c1-6-31(7-2)20-11-12-23(16(3)13-20)29-26(33)22-14-17(4)28-25-24(22)18(5)30-32(25)21-10-8-9-19(27)15-21/h8-15H,6-7H2,1-5H3,(H,29,33). The molecular formula is C26H28FN5O. The van der Waals surface area contributed by atoms with Crippen LogP contribution in [0.15, 0.2) is 48.5 Å². The van der Waals surface area contributed by atoms with Crippen molar-refractivity contribution in [1.82, 2.24) is 14.8 Å². The zero-order valence-corrected chi connectivity index (χ0v) is 19.6. The molecule has 0 aliphatic heterocycles. The summed E-state index contributed by atoms with van der Waals surface area (Å²) in [6.45, 7) is 11.7. The lowest BCUT2D eigenvalue weighted by Crippen LogP contribution is -2.22. The van der Waals surface area contributed by atoms with Gasteiger partial charge in [-0.15, -0.1) is 0 Å². The van der Waals surface area contributed by atoms with Crippen molar-refractivity contribution in [3.63, 3.8) is 0 Å². The zero-order chi connectivity index (χ0) is 23.7. The Kier molecular flexibility index (Phi) is 6.14. The number of rotatable bonds is 6. The molecular weight excluding hydrogens is 417 g/mol. The Morgan fingerprint density at radius 3 is 2.48 bits per heavy atom. The number of aryl methyl sites for hydroxylation is 3. The molecule has 0 spiro atoms. The third-order valence-electron chi connectivity index (χ3n) is 5.83. The Morgan fingerprint density at radius 1 is 1.06 bits per heavy atom. The molecule has 1 amide bonds. The molecule has 2 aromatic carbocycles. The highest BCUT2D eigenvalue weighted by Crippen LogP contribution is 2.27. The number of amides is 1. The van der Waals surface area contributed by atoms with E-state index in [1.54, 1.807) is 22.9 Å². The number of carbonyl (C=O) groups excluding carboxylic acids is 1. The molecule has 4 aromatic rings. The number of nitrogens with zero attached hydrogens (tertiary/aromatic N) is 4. The smallest absolute Gasteiger partial charge is 0.256 e. The molecule has 0 fully saturated rings. The first-order chi connectivity index (χ1) is 15.8. The van der Waals surface area contributed by atoms with Crippen molar-refractivity contribution in [2.75, 3.05) is 23.3 Å². The molecule has 6 nitrogen and oxygen atoms in total. The molecule has 2 aromatic heterocycles. The maximum atomic E-state index is 13.8. The maximum absolute atomic E-state index is 13.8. The van der Waals surface area contributed by atoms with E-state index in [0.29, 0.717) is 33.7 Å². The summed E-state index contributed by atoms with van der Waals surface area (Å²) < 4.78 is 15.4. The summed E-state index contributed by atoms with van der Waals surface area (Å²) in [5.74, 6) is -0.589. The highest BCUT2D eigenvalue weighted by molar-refractivity contribution is 6.13. The van der Waals surface area contributed by atoms with Gasteiger partial charge in [0.15, 0.2) is 5.65 Å². The molecule has 2 heterocycles. The number of hydrogen-bond acceptors (Lipinski definition) is 4. The van der Waals surface area contributed by atoms with Gasteiger partial charge in [0.25, 0.3) is 5.91 Å². The monoisotopic (exact) mass is 445 g/mol. The number of fused-ring (bicyclic) bond motifs is 1. The Hall–Kier alpha value is -3.74. The van der Waals surface area contributed by atoms with E-state index in [2.05, 4.69) is 40.2 Å². The van der Waals surface area contributed by atoms with Gasteiger partial charge < -0.3 is 10.2 Å². The molecule has 7 heteroatoms. The van der Waals surface area contributed by atoms with Crippen molar-refractivity contribution in [2.45, 2.75) is 34.6 Å². The van der Waals surface area contributed by atoms with Gasteiger partial charge in [-0.3, -0.25) is 4.79 Å². The van der Waals surface area contributed by atoms with Gasteiger partial charge in [-0.2, -0.15) is 5.10 Å². The number of hydrogen-bond donors (Lipinski definition) is 1. The van der Waals surface area contributed by atoms with E-state index in [0.717, 1.165) is 30.0 Å². The molecule has 0 atom stereocenters. The van der Waals surface area contributed by atoms with Gasteiger partial charge in [-0.1, -0.05) is 6.07 Å². The summed E-state index contributed by atoms with van der Waals surface area (Å²) in [5, 5.41) is 8.27. The lowest BCUT2D eigenvalue weighted by Gasteiger charge is -2.22. The molecule has 0 radical (unpaired) electrons. The minimum atomic E-state index is -0.358. The van der Waals surface area contributed by atoms with Crippen LogP contribution in [0.2, 0.25) is 0 Å². The number of halogens is 1. The van der Waals surface area contributed by atoms with E-state index >= 15 is 0 Å². The van der Waals surface area contributed by atoms with E-state index in [1.165, 1.54) is 12.1 Å². The average molecular weight is 446 g/mol. The molecule has 0 aliphatic rings. The van der Waals surface area contributed by atoms with Crippen LogP contribution in [-0.2, 0) is 0 Å². The zero-order valence-electron chi connectivity index (χ0n) is 19.6. The third kappa shape index (κ3) is 4.31. The van der Waals surface area contributed by atoms with Crippen LogP contribution in [0.3, 0.4) is 0 Å². The van der Waals surface area contributed by atoms with Crippen molar-refractivity contribution < 1.29 is 9.18 Å². The lowest BCUT2D eigenvalue weighted by atomic mass is 10.1. The topological polar surface area (TPSA) is 63.1 Å². The number of anilines is 2. The van der Waals surface area contributed by atoms with Crippen LogP contribution in [0.1, 0.15) is 41.2 Å². The summed E-state index contributed by atoms with van der Waals surface area (Å²) in [5.41, 5.74) is 5.78. The van der Waals surface area contributed by atoms with Crippen molar-refractivity contribution in [3.05, 3.63) is 76.9 Å². The average Bonchev–Trinajstić information content (AvgIpc) is 3.12. The fourth-order valence-electron chi connectivity index (χ4n) is 4.14. The van der Waals surface area contributed by atoms with Crippen LogP contribution in [0, 0.1) is 26.6 Å². The normalized spacial score (nSPS) is 11.1. The second-order valence-electron chi connectivity index (χ2n) is 8.11. The van der Waals surface area contributed by atoms with E-state index in [1.807, 2.05) is 32.9 Å². The highest BCUT2D eigenvalue weighted by atomic mass is 19.1. The fourth-order valence-corrected chi connectivity index (χ4v) is 4.14. The maximum Gasteiger partial charge on any atom is 0.256 e. The summed E-state index contributed by atoms with van der Waals surface area (Å²) in [4.78, 5) is 20.2. The van der Waals surface area contributed by atoms with Gasteiger partial charge in [0.2, 0.25) is 0 Å². The van der Waals surface area contributed by atoms with Crippen molar-refractivity contribution in [1.29, 1.82) is 0 Å². The third-order valence-corrected chi connectivity index (χ3v) is 5.83. The van der Waals surface area contributed by atoms with Crippen LogP contribution in [-0.4, -0.2) is 33.8 Å².